The minimum Gasteiger partial charge on any atom is -0.494 e. The highest BCUT2D eigenvalue weighted by atomic mass is 16.5. The van der Waals surface area contributed by atoms with Gasteiger partial charge in [0.1, 0.15) is 5.75 Å². The molecule has 0 saturated heterocycles. The molecular weight excluding hydrogens is 270 g/mol. The second-order valence-electron chi connectivity index (χ2n) is 4.80. The molecule has 0 unspecified atom stereocenters. The Kier molecular flexibility index (Phi) is 7.29. The molecule has 0 bridgehead atoms. The topological polar surface area (TPSA) is 64.6 Å². The van der Waals surface area contributed by atoms with E-state index in [0.717, 1.165) is 18.6 Å². The van der Waals surface area contributed by atoms with Crippen LogP contribution in [0.4, 0.5) is 5.69 Å². The van der Waals surface area contributed by atoms with Gasteiger partial charge in [-0.3, -0.25) is 9.59 Å². The van der Waals surface area contributed by atoms with Crippen molar-refractivity contribution >= 4 is 17.6 Å². The Labute approximate surface area is 125 Å². The molecule has 1 aromatic rings. The van der Waals surface area contributed by atoms with E-state index in [-0.39, 0.29) is 24.4 Å². The number of rotatable bonds is 8. The SMILES string of the molecule is CCC[C@@H](C)C(=O)OCC(=O)Nc1ccc(OCC)cc1. The third-order valence-electron chi connectivity index (χ3n) is 2.92. The van der Waals surface area contributed by atoms with Gasteiger partial charge in [0, 0.05) is 5.69 Å². The summed E-state index contributed by atoms with van der Waals surface area (Å²) >= 11 is 0. The third kappa shape index (κ3) is 6.29. The second-order valence-corrected chi connectivity index (χ2v) is 4.80. The van der Waals surface area contributed by atoms with E-state index in [9.17, 15) is 9.59 Å². The number of ether oxygens (including phenoxy) is 2. The highest BCUT2D eigenvalue weighted by Gasteiger charge is 2.14. The van der Waals surface area contributed by atoms with Crippen molar-refractivity contribution in [3.05, 3.63) is 24.3 Å². The van der Waals surface area contributed by atoms with Crippen molar-refractivity contribution < 1.29 is 19.1 Å². The van der Waals surface area contributed by atoms with Crippen LogP contribution in [0.3, 0.4) is 0 Å². The standard InChI is InChI=1S/C16H23NO4/c1-4-6-12(3)16(19)21-11-15(18)17-13-7-9-14(10-8-13)20-5-2/h7-10,12H,4-6,11H2,1-3H3,(H,17,18)/t12-/m1/s1. The first-order valence-corrected chi connectivity index (χ1v) is 7.26. The van der Waals surface area contributed by atoms with E-state index in [1.165, 1.54) is 0 Å². The fourth-order valence-corrected chi connectivity index (χ4v) is 1.83. The number of nitrogens with one attached hydrogen (secondary N) is 1. The first-order chi connectivity index (χ1) is 10.1. The number of esters is 1. The van der Waals surface area contributed by atoms with Crippen molar-refractivity contribution in [1.82, 2.24) is 0 Å². The van der Waals surface area contributed by atoms with Gasteiger partial charge in [0.15, 0.2) is 6.61 Å². The Morgan fingerprint density at radius 2 is 1.86 bits per heavy atom. The molecule has 1 atom stereocenters. The maximum Gasteiger partial charge on any atom is 0.309 e. The van der Waals surface area contributed by atoms with Gasteiger partial charge >= 0.3 is 5.97 Å². The smallest absolute Gasteiger partial charge is 0.309 e. The first-order valence-electron chi connectivity index (χ1n) is 7.26. The molecule has 5 nitrogen and oxygen atoms in total. The van der Waals surface area contributed by atoms with Gasteiger partial charge in [-0.05, 0) is 37.6 Å². The van der Waals surface area contributed by atoms with Gasteiger partial charge in [-0.2, -0.15) is 0 Å². The number of amides is 1. The van der Waals surface area contributed by atoms with Gasteiger partial charge in [-0.15, -0.1) is 0 Å². The molecule has 0 fully saturated rings. The lowest BCUT2D eigenvalue weighted by Crippen LogP contribution is -2.23. The van der Waals surface area contributed by atoms with Crippen LogP contribution in [0.25, 0.3) is 0 Å². The molecule has 21 heavy (non-hydrogen) atoms. The number of hydrogen-bond acceptors (Lipinski definition) is 4. The summed E-state index contributed by atoms with van der Waals surface area (Å²) in [6.45, 7) is 6.04. The van der Waals surface area contributed by atoms with Crippen LogP contribution in [0.2, 0.25) is 0 Å². The molecule has 1 amide bonds. The summed E-state index contributed by atoms with van der Waals surface area (Å²) in [6.07, 6.45) is 1.67. The summed E-state index contributed by atoms with van der Waals surface area (Å²) in [6, 6.07) is 7.03. The van der Waals surface area contributed by atoms with Crippen LogP contribution in [0.5, 0.6) is 5.75 Å². The zero-order valence-corrected chi connectivity index (χ0v) is 12.8. The molecule has 1 rings (SSSR count). The van der Waals surface area contributed by atoms with E-state index in [1.54, 1.807) is 31.2 Å². The summed E-state index contributed by atoms with van der Waals surface area (Å²) < 4.78 is 10.3. The van der Waals surface area contributed by atoms with Crippen LogP contribution >= 0.6 is 0 Å². The Morgan fingerprint density at radius 3 is 2.43 bits per heavy atom. The molecule has 116 valence electrons. The van der Waals surface area contributed by atoms with Crippen molar-refractivity contribution in [3.8, 4) is 5.75 Å². The zero-order valence-electron chi connectivity index (χ0n) is 12.8. The lowest BCUT2D eigenvalue weighted by molar-refractivity contribution is -0.151. The summed E-state index contributed by atoms with van der Waals surface area (Å²) in [5.74, 6) is -0.113. The van der Waals surface area contributed by atoms with E-state index in [4.69, 9.17) is 9.47 Å². The molecular formula is C16H23NO4. The number of benzene rings is 1. The minimum atomic E-state index is -0.351. The van der Waals surface area contributed by atoms with Crippen molar-refractivity contribution in [3.63, 3.8) is 0 Å². The predicted octanol–water partition coefficient (Wildman–Crippen LogP) is 3.00. The molecule has 0 radical (unpaired) electrons. The van der Waals surface area contributed by atoms with Crippen LogP contribution in [0, 0.1) is 5.92 Å². The number of hydrogen-bond donors (Lipinski definition) is 1. The largest absolute Gasteiger partial charge is 0.494 e. The molecule has 0 aliphatic carbocycles. The molecule has 1 N–H and O–H groups in total. The third-order valence-corrected chi connectivity index (χ3v) is 2.92. The van der Waals surface area contributed by atoms with Crippen LogP contribution in [-0.4, -0.2) is 25.1 Å². The molecule has 5 heteroatoms. The molecule has 0 saturated carbocycles. The molecule has 0 aliphatic heterocycles. The van der Waals surface area contributed by atoms with Crippen molar-refractivity contribution in [2.45, 2.75) is 33.6 Å². The number of carbonyl (C=O) groups excluding carboxylic acids is 2. The van der Waals surface area contributed by atoms with Gasteiger partial charge in [0.25, 0.3) is 5.91 Å². The fraction of sp³-hybridized carbons (Fsp3) is 0.500. The Morgan fingerprint density at radius 1 is 1.19 bits per heavy atom. The van der Waals surface area contributed by atoms with Crippen molar-refractivity contribution in [1.29, 1.82) is 0 Å². The van der Waals surface area contributed by atoms with Crippen molar-refractivity contribution in [2.24, 2.45) is 5.92 Å². The van der Waals surface area contributed by atoms with Gasteiger partial charge in [-0.25, -0.2) is 0 Å². The van der Waals surface area contributed by atoms with E-state index < -0.39 is 0 Å². The van der Waals surface area contributed by atoms with E-state index in [2.05, 4.69) is 5.32 Å². The maximum atomic E-state index is 11.7. The highest BCUT2D eigenvalue weighted by Crippen LogP contribution is 2.15. The monoisotopic (exact) mass is 293 g/mol. The average Bonchev–Trinajstić information content (AvgIpc) is 2.47. The van der Waals surface area contributed by atoms with Crippen LogP contribution in [-0.2, 0) is 14.3 Å². The highest BCUT2D eigenvalue weighted by molar-refractivity contribution is 5.92. The van der Waals surface area contributed by atoms with Crippen LogP contribution in [0.1, 0.15) is 33.6 Å². The van der Waals surface area contributed by atoms with Gasteiger partial charge in [0.2, 0.25) is 0 Å². The normalized spacial score (nSPS) is 11.6. The summed E-state index contributed by atoms with van der Waals surface area (Å²) in [7, 11) is 0. The summed E-state index contributed by atoms with van der Waals surface area (Å²) in [5.41, 5.74) is 0.640. The maximum absolute atomic E-state index is 11.7. The minimum absolute atomic E-state index is 0.173. The van der Waals surface area contributed by atoms with E-state index >= 15 is 0 Å². The number of carbonyl (C=O) groups is 2. The van der Waals surface area contributed by atoms with Crippen molar-refractivity contribution in [2.75, 3.05) is 18.5 Å². The Bertz CT molecular complexity index is 456. The Hall–Kier alpha value is -2.04. The van der Waals surface area contributed by atoms with Gasteiger partial charge in [0.05, 0.1) is 12.5 Å². The lowest BCUT2D eigenvalue weighted by atomic mass is 10.1. The summed E-state index contributed by atoms with van der Waals surface area (Å²) in [5, 5.41) is 2.67. The summed E-state index contributed by atoms with van der Waals surface area (Å²) in [4.78, 5) is 23.3. The van der Waals surface area contributed by atoms with Crippen LogP contribution in [0.15, 0.2) is 24.3 Å². The Balaban J connectivity index is 2.38. The quantitative estimate of drug-likeness (QED) is 0.748. The average molecular weight is 293 g/mol. The van der Waals surface area contributed by atoms with Gasteiger partial charge < -0.3 is 14.8 Å². The first kappa shape index (κ1) is 17.0. The molecule has 0 spiro atoms. The second kappa shape index (κ2) is 9.00. The lowest BCUT2D eigenvalue weighted by Gasteiger charge is -2.11. The predicted molar refractivity (Wildman–Crippen MR) is 81.3 cm³/mol. The molecule has 0 aromatic heterocycles. The van der Waals surface area contributed by atoms with Crippen LogP contribution < -0.4 is 10.1 Å². The molecule has 0 aliphatic rings. The molecule has 0 heterocycles. The zero-order chi connectivity index (χ0) is 15.7. The van der Waals surface area contributed by atoms with Gasteiger partial charge in [-0.1, -0.05) is 20.3 Å². The fourth-order valence-electron chi connectivity index (χ4n) is 1.83. The molecule has 1 aromatic carbocycles. The van der Waals surface area contributed by atoms with E-state index in [0.29, 0.717) is 12.3 Å². The van der Waals surface area contributed by atoms with E-state index in [1.807, 2.05) is 13.8 Å². The number of anilines is 1.